The molecule has 0 bridgehead atoms. The Kier molecular flexibility index (Phi) is 4.35. The number of carbonyl (C=O) groups is 1. The topological polar surface area (TPSA) is 63.3 Å². The first-order valence-electron chi connectivity index (χ1n) is 8.22. The number of aliphatic hydroxyl groups is 1. The lowest BCUT2D eigenvalue weighted by atomic mass is 9.84. The molecular formula is C21H19NO2. The minimum Gasteiger partial charge on any atom is -0.392 e. The van der Waals surface area contributed by atoms with Crippen molar-refractivity contribution in [2.45, 2.75) is 12.5 Å². The summed E-state index contributed by atoms with van der Waals surface area (Å²) in [5, 5.41) is 9.26. The fourth-order valence-corrected chi connectivity index (χ4v) is 2.68. The Bertz CT molecular complexity index is 861. The van der Waals surface area contributed by atoms with Crippen LogP contribution in [-0.4, -0.2) is 11.0 Å². The Labute approximate surface area is 142 Å². The molecule has 0 aliphatic heterocycles. The van der Waals surface area contributed by atoms with E-state index in [4.69, 9.17) is 5.73 Å². The van der Waals surface area contributed by atoms with Gasteiger partial charge in [0, 0.05) is 12.8 Å². The van der Waals surface area contributed by atoms with Crippen LogP contribution in [0.2, 0.25) is 0 Å². The number of hydrogen-bond acceptors (Lipinski definition) is 2. The molecule has 120 valence electrons. The van der Waals surface area contributed by atoms with Crippen molar-refractivity contribution in [3.05, 3.63) is 107 Å². The van der Waals surface area contributed by atoms with Gasteiger partial charge in [-0.05, 0) is 34.4 Å². The van der Waals surface area contributed by atoms with Crippen molar-refractivity contribution in [1.82, 2.24) is 0 Å². The van der Waals surface area contributed by atoms with E-state index in [1.54, 1.807) is 24.3 Å². The summed E-state index contributed by atoms with van der Waals surface area (Å²) in [6.07, 6.45) is 0. The summed E-state index contributed by atoms with van der Waals surface area (Å²) in [4.78, 5) is 11.3. The zero-order chi connectivity index (χ0) is 17.9. The number of primary amides is 1. The molecule has 3 heteroatoms. The van der Waals surface area contributed by atoms with Gasteiger partial charge in [-0.3, -0.25) is 4.79 Å². The third kappa shape index (κ3) is 3.36. The maximum Gasteiger partial charge on any atom is 0.248 e. The lowest BCUT2D eigenvalue weighted by molar-refractivity contribution is 0.100. The van der Waals surface area contributed by atoms with E-state index in [0.717, 1.165) is 22.3 Å². The molecule has 0 saturated carbocycles. The third-order valence-electron chi connectivity index (χ3n) is 3.95. The van der Waals surface area contributed by atoms with Crippen LogP contribution in [0.25, 0.3) is 0 Å². The van der Waals surface area contributed by atoms with E-state index < -0.39 is 11.8 Å². The number of carbonyl (C=O) groups excluding carboxylic acids is 1. The average molecular weight is 319 g/mol. The molecule has 1 atom stereocenters. The molecule has 3 nitrogen and oxygen atoms in total. The summed E-state index contributed by atoms with van der Waals surface area (Å²) in [7, 11) is 0. The van der Waals surface area contributed by atoms with E-state index in [9.17, 15) is 11.3 Å². The van der Waals surface area contributed by atoms with Crippen molar-refractivity contribution in [2.75, 3.05) is 0 Å². The highest BCUT2D eigenvalue weighted by atomic mass is 16.3. The van der Waals surface area contributed by atoms with Crippen molar-refractivity contribution < 1.29 is 11.3 Å². The number of amides is 1. The van der Waals surface area contributed by atoms with Crippen molar-refractivity contribution in [3.8, 4) is 0 Å². The van der Waals surface area contributed by atoms with E-state index >= 15 is 0 Å². The molecule has 0 heterocycles. The molecule has 0 saturated heterocycles. The molecular weight excluding hydrogens is 298 g/mol. The number of hydrogen-bond donors (Lipinski definition) is 2. The zero-order valence-electron chi connectivity index (χ0n) is 14.1. The number of nitrogens with two attached hydrogens (primary N) is 1. The van der Waals surface area contributed by atoms with E-state index in [0.29, 0.717) is 5.56 Å². The molecule has 3 N–H and O–H groups in total. The Morgan fingerprint density at radius 3 is 1.88 bits per heavy atom. The minimum atomic E-state index is -1.13. The van der Waals surface area contributed by atoms with Gasteiger partial charge in [-0.15, -0.1) is 0 Å². The average Bonchev–Trinajstić information content (AvgIpc) is 2.68. The summed E-state index contributed by atoms with van der Waals surface area (Å²) in [6, 6.07) is 23.7. The predicted molar refractivity (Wildman–Crippen MR) is 94.7 cm³/mol. The second-order valence-electron chi connectivity index (χ2n) is 5.54. The maximum absolute atomic E-state index is 11.3. The van der Waals surface area contributed by atoms with Gasteiger partial charge >= 0.3 is 0 Å². The summed E-state index contributed by atoms with van der Waals surface area (Å²) < 4.78 is 9.27. The standard InChI is InChI=1S/C21H19NO2/c22-21(24)19-12-10-18(11-13-19)20(16-4-2-1-3-5-16)17-8-6-15(14-23)7-9-17/h1-13,20,23H,14H2,(H2,22,24)/i20T. The zero-order valence-corrected chi connectivity index (χ0v) is 13.1. The second kappa shape index (κ2) is 7.11. The second-order valence-corrected chi connectivity index (χ2v) is 5.54. The van der Waals surface area contributed by atoms with E-state index in [1.807, 2.05) is 54.6 Å². The fourth-order valence-electron chi connectivity index (χ4n) is 2.68. The Morgan fingerprint density at radius 2 is 1.38 bits per heavy atom. The fraction of sp³-hybridized carbons (Fsp3) is 0.0952. The van der Waals surface area contributed by atoms with Crippen LogP contribution < -0.4 is 5.73 Å². The summed E-state index contributed by atoms with van der Waals surface area (Å²) in [5.74, 6) is -1.63. The smallest absolute Gasteiger partial charge is 0.248 e. The van der Waals surface area contributed by atoms with E-state index in [2.05, 4.69) is 0 Å². The molecule has 0 aliphatic carbocycles. The quantitative estimate of drug-likeness (QED) is 0.707. The van der Waals surface area contributed by atoms with Crippen LogP contribution in [0.15, 0.2) is 78.9 Å². The molecule has 0 aliphatic rings. The van der Waals surface area contributed by atoms with Gasteiger partial charge in [0.05, 0.1) is 6.61 Å². The highest BCUT2D eigenvalue weighted by Gasteiger charge is 2.17. The van der Waals surface area contributed by atoms with Gasteiger partial charge in [-0.2, -0.15) is 0 Å². The van der Waals surface area contributed by atoms with Gasteiger partial charge in [-0.1, -0.05) is 66.7 Å². The van der Waals surface area contributed by atoms with Crippen LogP contribution in [0.5, 0.6) is 0 Å². The summed E-state index contributed by atoms with van der Waals surface area (Å²) >= 11 is 0. The summed E-state index contributed by atoms with van der Waals surface area (Å²) in [6.45, 7) is -0.0378. The molecule has 1 amide bonds. The van der Waals surface area contributed by atoms with Crippen molar-refractivity contribution in [2.24, 2.45) is 5.73 Å². The Hall–Kier alpha value is -2.91. The predicted octanol–water partition coefficient (Wildman–Crippen LogP) is 3.46. The molecule has 3 aromatic carbocycles. The largest absolute Gasteiger partial charge is 0.392 e. The molecule has 0 radical (unpaired) electrons. The van der Waals surface area contributed by atoms with Crippen LogP contribution >= 0.6 is 0 Å². The van der Waals surface area contributed by atoms with Crippen molar-refractivity contribution in [1.29, 1.82) is 0 Å². The van der Waals surface area contributed by atoms with Crippen LogP contribution in [0.3, 0.4) is 0 Å². The molecule has 3 rings (SSSR count). The first kappa shape index (κ1) is 14.7. The van der Waals surface area contributed by atoms with E-state index in [1.165, 1.54) is 0 Å². The van der Waals surface area contributed by atoms with Gasteiger partial charge in [-0.25, -0.2) is 0 Å². The van der Waals surface area contributed by atoms with Crippen molar-refractivity contribution >= 4 is 5.91 Å². The van der Waals surface area contributed by atoms with Gasteiger partial charge in [0.15, 0.2) is 0 Å². The first-order chi connectivity index (χ1) is 12.1. The van der Waals surface area contributed by atoms with Crippen molar-refractivity contribution in [3.63, 3.8) is 0 Å². The monoisotopic (exact) mass is 319 g/mol. The molecule has 1 unspecified atom stereocenters. The molecule has 24 heavy (non-hydrogen) atoms. The third-order valence-corrected chi connectivity index (χ3v) is 3.95. The summed E-state index contributed by atoms with van der Waals surface area (Å²) in [5.41, 5.74) is 8.86. The first-order valence-corrected chi connectivity index (χ1v) is 7.72. The van der Waals surface area contributed by atoms with Gasteiger partial charge in [0.2, 0.25) is 5.91 Å². The Balaban J connectivity index is 2.16. The highest BCUT2D eigenvalue weighted by molar-refractivity contribution is 5.92. The maximum atomic E-state index is 11.3. The van der Waals surface area contributed by atoms with Crippen LogP contribution in [-0.2, 0) is 6.61 Å². The highest BCUT2D eigenvalue weighted by Crippen LogP contribution is 2.32. The van der Waals surface area contributed by atoms with Crippen LogP contribution in [0.4, 0.5) is 0 Å². The number of rotatable bonds is 5. The van der Waals surface area contributed by atoms with Crippen LogP contribution in [0.1, 0.15) is 39.9 Å². The van der Waals surface area contributed by atoms with Gasteiger partial charge in [0.25, 0.3) is 0 Å². The van der Waals surface area contributed by atoms with Gasteiger partial charge < -0.3 is 10.8 Å². The lowest BCUT2D eigenvalue weighted by Gasteiger charge is -2.19. The molecule has 0 spiro atoms. The molecule has 3 aromatic rings. The van der Waals surface area contributed by atoms with E-state index in [-0.39, 0.29) is 6.61 Å². The minimum absolute atomic E-state index is 0.0378. The van der Waals surface area contributed by atoms with Gasteiger partial charge in [0.1, 0.15) is 0 Å². The molecule has 0 fully saturated rings. The number of benzene rings is 3. The normalized spacial score (nSPS) is 13.8. The SMILES string of the molecule is [3H]C(c1ccccc1)(c1ccc(CO)cc1)c1ccc(C(N)=O)cc1. The lowest BCUT2D eigenvalue weighted by Crippen LogP contribution is -2.11. The Morgan fingerprint density at radius 1 is 0.875 bits per heavy atom. The van der Waals surface area contributed by atoms with Crippen LogP contribution in [0, 0.1) is 0 Å². The number of aliphatic hydroxyl groups excluding tert-OH is 1. The molecule has 0 aromatic heterocycles.